The highest BCUT2D eigenvalue weighted by atomic mass is 32.1. The summed E-state index contributed by atoms with van der Waals surface area (Å²) in [4.78, 5) is 15.4. The Bertz CT molecular complexity index is 635. The van der Waals surface area contributed by atoms with Crippen molar-refractivity contribution in [2.45, 2.75) is 45.7 Å². The standard InChI is InChI=1S/C14H19N5OS/c1-3-12-13(21-17-16-12)14(20)19-6-4-5-11(19)9-18-8-10(2)7-15-18/h7-8,11H,3-6,9H2,1-2H3/t11-/m1/s1. The highest BCUT2D eigenvalue weighted by Gasteiger charge is 2.32. The van der Waals surface area contributed by atoms with E-state index in [4.69, 9.17) is 0 Å². The van der Waals surface area contributed by atoms with Gasteiger partial charge in [0, 0.05) is 12.7 Å². The quantitative estimate of drug-likeness (QED) is 0.865. The van der Waals surface area contributed by atoms with Gasteiger partial charge in [-0.05, 0) is 43.3 Å². The lowest BCUT2D eigenvalue weighted by molar-refractivity contribution is 0.0725. The summed E-state index contributed by atoms with van der Waals surface area (Å²) < 4.78 is 5.85. The average molecular weight is 305 g/mol. The molecule has 0 unspecified atom stereocenters. The number of amides is 1. The summed E-state index contributed by atoms with van der Waals surface area (Å²) in [5.74, 6) is 0.0771. The number of aryl methyl sites for hydroxylation is 2. The summed E-state index contributed by atoms with van der Waals surface area (Å²) in [6.07, 6.45) is 6.69. The zero-order valence-electron chi connectivity index (χ0n) is 12.3. The second kappa shape index (κ2) is 5.93. The molecule has 0 radical (unpaired) electrons. The van der Waals surface area contributed by atoms with Gasteiger partial charge in [-0.25, -0.2) is 0 Å². The van der Waals surface area contributed by atoms with Crippen LogP contribution in [-0.2, 0) is 13.0 Å². The lowest BCUT2D eigenvalue weighted by Gasteiger charge is -2.24. The van der Waals surface area contributed by atoms with Gasteiger partial charge in [-0.15, -0.1) is 5.10 Å². The van der Waals surface area contributed by atoms with E-state index in [1.807, 2.05) is 35.8 Å². The molecular formula is C14H19N5OS. The van der Waals surface area contributed by atoms with Crippen LogP contribution < -0.4 is 0 Å². The van der Waals surface area contributed by atoms with E-state index in [0.29, 0.717) is 4.88 Å². The van der Waals surface area contributed by atoms with Crippen LogP contribution >= 0.6 is 11.5 Å². The summed E-state index contributed by atoms with van der Waals surface area (Å²) in [5.41, 5.74) is 1.95. The summed E-state index contributed by atoms with van der Waals surface area (Å²) in [6, 6.07) is 0.212. The minimum Gasteiger partial charge on any atom is -0.333 e. The number of carbonyl (C=O) groups excluding carboxylic acids is 1. The van der Waals surface area contributed by atoms with Gasteiger partial charge < -0.3 is 4.90 Å². The van der Waals surface area contributed by atoms with Crippen molar-refractivity contribution in [1.29, 1.82) is 0 Å². The lowest BCUT2D eigenvalue weighted by atomic mass is 10.2. The first-order valence-corrected chi connectivity index (χ1v) is 8.07. The Morgan fingerprint density at radius 3 is 3.10 bits per heavy atom. The van der Waals surface area contributed by atoms with Gasteiger partial charge in [-0.3, -0.25) is 9.48 Å². The van der Waals surface area contributed by atoms with Gasteiger partial charge in [0.1, 0.15) is 4.88 Å². The molecule has 1 fully saturated rings. The van der Waals surface area contributed by atoms with Crippen LogP contribution in [0.3, 0.4) is 0 Å². The maximum Gasteiger partial charge on any atom is 0.267 e. The minimum atomic E-state index is 0.0771. The van der Waals surface area contributed by atoms with Crippen LogP contribution in [0.1, 0.15) is 40.7 Å². The molecule has 6 nitrogen and oxygen atoms in total. The largest absolute Gasteiger partial charge is 0.333 e. The second-order valence-corrected chi connectivity index (χ2v) is 6.19. The van der Waals surface area contributed by atoms with Crippen molar-refractivity contribution in [2.24, 2.45) is 0 Å². The van der Waals surface area contributed by atoms with Crippen LogP contribution in [0.5, 0.6) is 0 Å². The molecule has 1 atom stereocenters. The molecule has 1 aliphatic rings. The van der Waals surface area contributed by atoms with Gasteiger partial charge >= 0.3 is 0 Å². The summed E-state index contributed by atoms with van der Waals surface area (Å²) in [7, 11) is 0. The molecule has 0 aliphatic carbocycles. The average Bonchev–Trinajstić information content (AvgIpc) is 3.19. The summed E-state index contributed by atoms with van der Waals surface area (Å²) >= 11 is 1.21. The molecule has 1 amide bonds. The fraction of sp³-hybridized carbons (Fsp3) is 0.571. The number of hydrogen-bond acceptors (Lipinski definition) is 5. The first kappa shape index (κ1) is 14.2. The Morgan fingerprint density at radius 1 is 1.52 bits per heavy atom. The summed E-state index contributed by atoms with van der Waals surface area (Å²) in [6.45, 7) is 5.59. The van der Waals surface area contributed by atoms with Crippen molar-refractivity contribution in [3.8, 4) is 0 Å². The Kier molecular flexibility index (Phi) is 4.01. The maximum absolute atomic E-state index is 12.7. The van der Waals surface area contributed by atoms with Crippen molar-refractivity contribution >= 4 is 17.4 Å². The SMILES string of the molecule is CCc1nnsc1C(=O)N1CCC[C@@H]1Cn1cc(C)cn1. The van der Waals surface area contributed by atoms with E-state index < -0.39 is 0 Å². The topological polar surface area (TPSA) is 63.9 Å². The van der Waals surface area contributed by atoms with Gasteiger partial charge in [0.2, 0.25) is 0 Å². The number of hydrogen-bond donors (Lipinski definition) is 0. The Balaban J connectivity index is 1.76. The molecule has 21 heavy (non-hydrogen) atoms. The molecule has 0 saturated carbocycles. The predicted molar refractivity (Wildman–Crippen MR) is 80.3 cm³/mol. The van der Waals surface area contributed by atoms with Crippen LogP contribution in [-0.4, -0.2) is 42.8 Å². The van der Waals surface area contributed by atoms with Crippen LogP contribution in [0.25, 0.3) is 0 Å². The van der Waals surface area contributed by atoms with Crippen LogP contribution in [0.2, 0.25) is 0 Å². The van der Waals surface area contributed by atoms with E-state index in [9.17, 15) is 4.79 Å². The third-order valence-electron chi connectivity index (χ3n) is 3.88. The zero-order chi connectivity index (χ0) is 14.8. The third-order valence-corrected chi connectivity index (χ3v) is 4.64. The number of likely N-dealkylation sites (tertiary alicyclic amines) is 1. The molecule has 0 aromatic carbocycles. The van der Waals surface area contributed by atoms with Crippen molar-refractivity contribution in [3.05, 3.63) is 28.5 Å². The Morgan fingerprint density at radius 2 is 2.38 bits per heavy atom. The maximum atomic E-state index is 12.7. The monoisotopic (exact) mass is 305 g/mol. The first-order valence-electron chi connectivity index (χ1n) is 7.30. The van der Waals surface area contributed by atoms with Gasteiger partial charge in [0.15, 0.2) is 0 Å². The minimum absolute atomic E-state index is 0.0771. The van der Waals surface area contributed by atoms with Crippen molar-refractivity contribution in [1.82, 2.24) is 24.3 Å². The van der Waals surface area contributed by atoms with Crippen LogP contribution in [0.15, 0.2) is 12.4 Å². The van der Waals surface area contributed by atoms with Gasteiger partial charge in [-0.1, -0.05) is 11.4 Å². The second-order valence-electron chi connectivity index (χ2n) is 5.44. The highest BCUT2D eigenvalue weighted by molar-refractivity contribution is 7.08. The van der Waals surface area contributed by atoms with Gasteiger partial charge in [-0.2, -0.15) is 5.10 Å². The molecule has 1 saturated heterocycles. The van der Waals surface area contributed by atoms with E-state index in [0.717, 1.165) is 43.6 Å². The van der Waals surface area contributed by atoms with Crippen LogP contribution in [0.4, 0.5) is 0 Å². The summed E-state index contributed by atoms with van der Waals surface area (Å²) in [5, 5.41) is 8.37. The molecule has 3 rings (SSSR count). The van der Waals surface area contributed by atoms with Gasteiger partial charge in [0.25, 0.3) is 5.91 Å². The molecule has 0 spiro atoms. The zero-order valence-corrected chi connectivity index (χ0v) is 13.1. The van der Waals surface area contributed by atoms with E-state index in [1.165, 1.54) is 11.5 Å². The third kappa shape index (κ3) is 2.83. The highest BCUT2D eigenvalue weighted by Crippen LogP contribution is 2.24. The number of nitrogens with zero attached hydrogens (tertiary/aromatic N) is 5. The van der Waals surface area contributed by atoms with E-state index in [-0.39, 0.29) is 11.9 Å². The van der Waals surface area contributed by atoms with E-state index in [2.05, 4.69) is 14.7 Å². The molecular weight excluding hydrogens is 286 g/mol. The molecule has 0 bridgehead atoms. The van der Waals surface area contributed by atoms with E-state index in [1.54, 1.807) is 0 Å². The molecule has 1 aliphatic heterocycles. The molecule has 7 heteroatoms. The Hall–Kier alpha value is -1.76. The van der Waals surface area contributed by atoms with E-state index >= 15 is 0 Å². The van der Waals surface area contributed by atoms with Crippen molar-refractivity contribution in [3.63, 3.8) is 0 Å². The lowest BCUT2D eigenvalue weighted by Crippen LogP contribution is -2.38. The molecule has 0 N–H and O–H groups in total. The Labute approximate surface area is 127 Å². The van der Waals surface area contributed by atoms with Crippen molar-refractivity contribution < 1.29 is 4.79 Å². The number of aromatic nitrogens is 4. The molecule has 112 valence electrons. The van der Waals surface area contributed by atoms with Crippen LogP contribution in [0, 0.1) is 6.92 Å². The molecule has 2 aromatic rings. The first-order chi connectivity index (χ1) is 10.2. The fourth-order valence-electron chi connectivity index (χ4n) is 2.81. The van der Waals surface area contributed by atoms with Gasteiger partial charge in [0.05, 0.1) is 24.5 Å². The normalized spacial score (nSPS) is 18.4. The van der Waals surface area contributed by atoms with Crippen molar-refractivity contribution in [2.75, 3.05) is 6.54 Å². The number of carbonyl (C=O) groups is 1. The predicted octanol–water partition coefficient (Wildman–Crippen LogP) is 1.91. The molecule has 3 heterocycles. The smallest absolute Gasteiger partial charge is 0.267 e. The number of rotatable bonds is 4. The molecule has 2 aromatic heterocycles. The fourth-order valence-corrected chi connectivity index (χ4v) is 3.52.